The predicted octanol–water partition coefficient (Wildman–Crippen LogP) is 5.09. The van der Waals surface area contributed by atoms with Crippen LogP contribution in [0.3, 0.4) is 0 Å². The van der Waals surface area contributed by atoms with Gasteiger partial charge in [-0.2, -0.15) is 0 Å². The van der Waals surface area contributed by atoms with Crippen LogP contribution in [0.5, 0.6) is 11.5 Å². The van der Waals surface area contributed by atoms with Crippen LogP contribution >= 0.6 is 27.5 Å². The van der Waals surface area contributed by atoms with Crippen LogP contribution < -0.4 is 4.74 Å². The van der Waals surface area contributed by atoms with Crippen LogP contribution in [-0.2, 0) is 0 Å². The lowest BCUT2D eigenvalue weighted by molar-refractivity contribution is 0.199. The molecule has 0 bridgehead atoms. The van der Waals surface area contributed by atoms with E-state index in [-0.39, 0.29) is 0 Å². The second-order valence-corrected chi connectivity index (χ2v) is 5.31. The van der Waals surface area contributed by atoms with Crippen molar-refractivity contribution >= 4 is 27.5 Å². The SMILES string of the molecule is C[C@H](O)c1ccc(Oc2ccc(Br)c(F)c2)c(Cl)c1. The normalized spacial score (nSPS) is 12.3. The number of aliphatic hydroxyl groups excluding tert-OH is 1. The lowest BCUT2D eigenvalue weighted by Crippen LogP contribution is -1.92. The molecule has 2 nitrogen and oxygen atoms in total. The van der Waals surface area contributed by atoms with Crippen molar-refractivity contribution in [1.82, 2.24) is 0 Å². The Morgan fingerprint density at radius 3 is 2.58 bits per heavy atom. The van der Waals surface area contributed by atoms with E-state index in [1.54, 1.807) is 37.3 Å². The molecule has 1 N–H and O–H groups in total. The summed E-state index contributed by atoms with van der Waals surface area (Å²) in [6, 6.07) is 9.43. The molecule has 2 aromatic carbocycles. The number of aliphatic hydroxyl groups is 1. The Morgan fingerprint density at radius 1 is 1.26 bits per heavy atom. The third-order valence-electron chi connectivity index (χ3n) is 2.56. The highest BCUT2D eigenvalue weighted by atomic mass is 79.9. The van der Waals surface area contributed by atoms with Crippen molar-refractivity contribution in [1.29, 1.82) is 0 Å². The highest BCUT2D eigenvalue weighted by Crippen LogP contribution is 2.32. The van der Waals surface area contributed by atoms with Crippen LogP contribution in [0.25, 0.3) is 0 Å². The Bertz CT molecular complexity index is 602. The van der Waals surface area contributed by atoms with Gasteiger partial charge in [0, 0.05) is 6.07 Å². The molecule has 19 heavy (non-hydrogen) atoms. The fourth-order valence-corrected chi connectivity index (χ4v) is 2.00. The van der Waals surface area contributed by atoms with Crippen LogP contribution in [0.4, 0.5) is 4.39 Å². The molecule has 0 aromatic heterocycles. The minimum atomic E-state index is -0.600. The summed E-state index contributed by atoms with van der Waals surface area (Å²) in [6.07, 6.45) is -0.600. The number of benzene rings is 2. The van der Waals surface area contributed by atoms with E-state index in [1.807, 2.05) is 0 Å². The van der Waals surface area contributed by atoms with E-state index in [1.165, 1.54) is 6.07 Å². The summed E-state index contributed by atoms with van der Waals surface area (Å²) >= 11 is 9.13. The van der Waals surface area contributed by atoms with E-state index in [0.717, 1.165) is 0 Å². The first-order valence-corrected chi connectivity index (χ1v) is 6.75. The van der Waals surface area contributed by atoms with Gasteiger partial charge in [-0.15, -0.1) is 0 Å². The first-order valence-electron chi connectivity index (χ1n) is 5.58. The molecule has 0 spiro atoms. The van der Waals surface area contributed by atoms with Gasteiger partial charge < -0.3 is 9.84 Å². The Labute approximate surface area is 123 Å². The van der Waals surface area contributed by atoms with Gasteiger partial charge in [-0.25, -0.2) is 4.39 Å². The molecule has 0 aliphatic heterocycles. The fraction of sp³-hybridized carbons (Fsp3) is 0.143. The molecule has 100 valence electrons. The van der Waals surface area contributed by atoms with Gasteiger partial charge in [0.05, 0.1) is 15.6 Å². The average molecular weight is 346 g/mol. The van der Waals surface area contributed by atoms with Gasteiger partial charge in [0.2, 0.25) is 0 Å². The summed E-state index contributed by atoms with van der Waals surface area (Å²) < 4.78 is 19.2. The van der Waals surface area contributed by atoms with Crippen molar-refractivity contribution in [2.45, 2.75) is 13.0 Å². The van der Waals surface area contributed by atoms with Crippen molar-refractivity contribution < 1.29 is 14.2 Å². The summed E-state index contributed by atoms with van der Waals surface area (Å²) in [5.74, 6) is 0.356. The second kappa shape index (κ2) is 5.90. The van der Waals surface area contributed by atoms with E-state index in [9.17, 15) is 9.50 Å². The van der Waals surface area contributed by atoms with Crippen LogP contribution in [0.1, 0.15) is 18.6 Å². The molecular weight excluding hydrogens is 335 g/mol. The predicted molar refractivity (Wildman–Crippen MR) is 76.3 cm³/mol. The molecule has 0 radical (unpaired) electrons. The summed E-state index contributed by atoms with van der Waals surface area (Å²) in [6.45, 7) is 1.65. The summed E-state index contributed by atoms with van der Waals surface area (Å²) in [4.78, 5) is 0. The molecule has 0 unspecified atom stereocenters. The highest BCUT2D eigenvalue weighted by molar-refractivity contribution is 9.10. The minimum Gasteiger partial charge on any atom is -0.456 e. The van der Waals surface area contributed by atoms with Crippen molar-refractivity contribution in [2.75, 3.05) is 0 Å². The van der Waals surface area contributed by atoms with E-state index < -0.39 is 11.9 Å². The zero-order valence-corrected chi connectivity index (χ0v) is 12.4. The van der Waals surface area contributed by atoms with Crippen LogP contribution in [-0.4, -0.2) is 5.11 Å². The smallest absolute Gasteiger partial charge is 0.146 e. The molecule has 2 rings (SSSR count). The van der Waals surface area contributed by atoms with Gasteiger partial charge in [0.25, 0.3) is 0 Å². The number of rotatable bonds is 3. The first-order chi connectivity index (χ1) is 8.97. The third-order valence-corrected chi connectivity index (χ3v) is 3.50. The van der Waals surface area contributed by atoms with Crippen molar-refractivity contribution in [3.8, 4) is 11.5 Å². The Hall–Kier alpha value is -1.10. The van der Waals surface area contributed by atoms with Gasteiger partial charge in [-0.1, -0.05) is 17.7 Å². The Balaban J connectivity index is 2.25. The molecule has 2 aromatic rings. The molecule has 0 amide bonds. The summed E-state index contributed by atoms with van der Waals surface area (Å²) in [7, 11) is 0. The number of halogens is 3. The molecule has 0 heterocycles. The Kier molecular flexibility index (Phi) is 4.45. The molecule has 0 saturated heterocycles. The lowest BCUT2D eigenvalue weighted by atomic mass is 10.1. The maximum atomic E-state index is 13.4. The maximum absolute atomic E-state index is 13.4. The van der Waals surface area contributed by atoms with Crippen LogP contribution in [0, 0.1) is 5.82 Å². The van der Waals surface area contributed by atoms with E-state index in [2.05, 4.69) is 15.9 Å². The molecular formula is C14H11BrClFO2. The average Bonchev–Trinajstić information content (AvgIpc) is 2.36. The van der Waals surface area contributed by atoms with E-state index in [4.69, 9.17) is 16.3 Å². The van der Waals surface area contributed by atoms with Crippen LogP contribution in [0.15, 0.2) is 40.9 Å². The number of hydrogen-bond donors (Lipinski definition) is 1. The van der Waals surface area contributed by atoms with Gasteiger partial charge in [-0.05, 0) is 52.7 Å². The molecule has 0 fully saturated rings. The summed E-state index contributed by atoms with van der Waals surface area (Å²) in [5.41, 5.74) is 0.694. The molecule has 0 aliphatic rings. The maximum Gasteiger partial charge on any atom is 0.146 e. The highest BCUT2D eigenvalue weighted by Gasteiger charge is 2.08. The van der Waals surface area contributed by atoms with E-state index >= 15 is 0 Å². The second-order valence-electron chi connectivity index (χ2n) is 4.04. The third kappa shape index (κ3) is 3.47. The van der Waals surface area contributed by atoms with Crippen molar-refractivity contribution in [2.24, 2.45) is 0 Å². The van der Waals surface area contributed by atoms with Gasteiger partial charge >= 0.3 is 0 Å². The standard InChI is InChI=1S/C14H11BrClFO2/c1-8(18)9-2-5-14(12(16)6-9)19-10-3-4-11(15)13(17)7-10/h2-8,18H,1H3/t8-/m0/s1. The lowest BCUT2D eigenvalue weighted by Gasteiger charge is -2.10. The van der Waals surface area contributed by atoms with E-state index in [0.29, 0.717) is 26.6 Å². The van der Waals surface area contributed by atoms with Gasteiger partial charge in [0.15, 0.2) is 0 Å². The molecule has 0 aliphatic carbocycles. The molecule has 1 atom stereocenters. The molecule has 0 saturated carbocycles. The number of ether oxygens (including phenoxy) is 1. The first kappa shape index (κ1) is 14.3. The zero-order chi connectivity index (χ0) is 14.0. The van der Waals surface area contributed by atoms with Crippen molar-refractivity contribution in [3.05, 3.63) is 57.3 Å². The fourth-order valence-electron chi connectivity index (χ4n) is 1.53. The Morgan fingerprint density at radius 2 is 2.00 bits per heavy atom. The molecule has 5 heteroatoms. The van der Waals surface area contributed by atoms with Crippen molar-refractivity contribution in [3.63, 3.8) is 0 Å². The largest absolute Gasteiger partial charge is 0.456 e. The van der Waals surface area contributed by atoms with Gasteiger partial charge in [-0.3, -0.25) is 0 Å². The summed E-state index contributed by atoms with van der Waals surface area (Å²) in [5, 5.41) is 9.80. The minimum absolute atomic E-state index is 0.354. The topological polar surface area (TPSA) is 29.5 Å². The van der Waals surface area contributed by atoms with Crippen LogP contribution in [0.2, 0.25) is 5.02 Å². The number of hydrogen-bond acceptors (Lipinski definition) is 2. The monoisotopic (exact) mass is 344 g/mol. The van der Waals surface area contributed by atoms with Gasteiger partial charge in [0.1, 0.15) is 17.3 Å². The zero-order valence-electron chi connectivity index (χ0n) is 10.0. The quantitative estimate of drug-likeness (QED) is 0.840.